The number of nitrogens with one attached hydrogen (secondary N) is 2. The molecule has 6 heteroatoms. The van der Waals surface area contributed by atoms with Crippen molar-refractivity contribution in [3.63, 3.8) is 0 Å². The molecule has 6 nitrogen and oxygen atoms in total. The lowest BCUT2D eigenvalue weighted by Crippen LogP contribution is -2.25. The summed E-state index contributed by atoms with van der Waals surface area (Å²) in [5.74, 6) is 0.122. The fourth-order valence-corrected chi connectivity index (χ4v) is 1.79. The smallest absolute Gasteiger partial charge is 0.270 e. The summed E-state index contributed by atoms with van der Waals surface area (Å²) in [7, 11) is 0. The van der Waals surface area contributed by atoms with Gasteiger partial charge in [0.2, 0.25) is 5.95 Å². The van der Waals surface area contributed by atoms with Crippen molar-refractivity contribution < 1.29 is 9.59 Å². The van der Waals surface area contributed by atoms with Crippen molar-refractivity contribution in [2.24, 2.45) is 0 Å². The molecular formula is C16H18N4O2. The fourth-order valence-electron chi connectivity index (χ4n) is 1.79. The number of hydrogen-bond donors (Lipinski definition) is 2. The molecule has 0 bridgehead atoms. The molecule has 0 atom stereocenters. The summed E-state index contributed by atoms with van der Waals surface area (Å²) in [6.07, 6.45) is 2.39. The number of anilines is 2. The molecule has 2 aromatic rings. The average Bonchev–Trinajstić information content (AvgIpc) is 2.53. The van der Waals surface area contributed by atoms with Gasteiger partial charge in [0, 0.05) is 24.0 Å². The van der Waals surface area contributed by atoms with E-state index in [-0.39, 0.29) is 11.7 Å². The first-order chi connectivity index (χ1) is 10.6. The van der Waals surface area contributed by atoms with Crippen molar-refractivity contribution in [1.82, 2.24) is 15.3 Å². The molecule has 0 unspecified atom stereocenters. The molecule has 0 aliphatic heterocycles. The van der Waals surface area contributed by atoms with Crippen LogP contribution in [0.4, 0.5) is 11.6 Å². The highest BCUT2D eigenvalue weighted by Gasteiger charge is 2.08. The normalized spacial score (nSPS) is 10.1. The van der Waals surface area contributed by atoms with E-state index in [1.54, 1.807) is 30.3 Å². The number of rotatable bonds is 6. The standard InChI is InChI=1S/C16H18N4O2/c1-3-9-17-15(22)14-8-10-18-16(20-14)19-13-6-4-12(5-7-13)11(2)21/h4-8,10H,3,9H2,1-2H3,(H,17,22)(H,18,19,20). The molecule has 1 amide bonds. The Morgan fingerprint density at radius 1 is 1.14 bits per heavy atom. The van der Waals surface area contributed by atoms with Crippen molar-refractivity contribution in [1.29, 1.82) is 0 Å². The predicted octanol–water partition coefficient (Wildman–Crippen LogP) is 2.56. The third kappa shape index (κ3) is 4.12. The first-order valence-electron chi connectivity index (χ1n) is 7.09. The lowest BCUT2D eigenvalue weighted by Gasteiger charge is -2.07. The minimum atomic E-state index is -0.223. The summed E-state index contributed by atoms with van der Waals surface area (Å²) in [5.41, 5.74) is 1.70. The third-order valence-electron chi connectivity index (χ3n) is 2.97. The first-order valence-corrected chi connectivity index (χ1v) is 7.09. The van der Waals surface area contributed by atoms with Gasteiger partial charge in [-0.1, -0.05) is 6.92 Å². The van der Waals surface area contributed by atoms with Gasteiger partial charge < -0.3 is 10.6 Å². The molecule has 0 fully saturated rings. The minimum Gasteiger partial charge on any atom is -0.351 e. The lowest BCUT2D eigenvalue weighted by atomic mass is 10.1. The number of nitrogens with zero attached hydrogens (tertiary/aromatic N) is 2. The van der Waals surface area contributed by atoms with Crippen LogP contribution in [0.2, 0.25) is 0 Å². The molecule has 0 saturated carbocycles. The maximum atomic E-state index is 11.9. The van der Waals surface area contributed by atoms with Crippen LogP contribution in [0.5, 0.6) is 0 Å². The molecule has 22 heavy (non-hydrogen) atoms. The van der Waals surface area contributed by atoms with Gasteiger partial charge in [-0.25, -0.2) is 9.97 Å². The summed E-state index contributed by atoms with van der Waals surface area (Å²) in [4.78, 5) is 31.4. The van der Waals surface area contributed by atoms with Crippen LogP contribution in [-0.2, 0) is 0 Å². The highest BCUT2D eigenvalue weighted by molar-refractivity contribution is 5.94. The Labute approximate surface area is 129 Å². The van der Waals surface area contributed by atoms with Gasteiger partial charge in [-0.3, -0.25) is 9.59 Å². The number of ketones is 1. The van der Waals surface area contributed by atoms with Crippen molar-refractivity contribution in [3.05, 3.63) is 47.8 Å². The van der Waals surface area contributed by atoms with Crippen molar-refractivity contribution in [2.45, 2.75) is 20.3 Å². The highest BCUT2D eigenvalue weighted by Crippen LogP contribution is 2.14. The number of hydrogen-bond acceptors (Lipinski definition) is 5. The Hall–Kier alpha value is -2.76. The molecule has 0 aliphatic carbocycles. The Balaban J connectivity index is 2.09. The Morgan fingerprint density at radius 3 is 2.50 bits per heavy atom. The summed E-state index contributed by atoms with van der Waals surface area (Å²) in [5, 5.41) is 5.77. The van der Waals surface area contributed by atoms with Gasteiger partial charge in [0.25, 0.3) is 5.91 Å². The molecule has 2 N–H and O–H groups in total. The zero-order valence-corrected chi connectivity index (χ0v) is 12.6. The topological polar surface area (TPSA) is 84.0 Å². The number of amides is 1. The van der Waals surface area contributed by atoms with Crippen LogP contribution in [-0.4, -0.2) is 28.2 Å². The van der Waals surface area contributed by atoms with Gasteiger partial charge in [-0.15, -0.1) is 0 Å². The van der Waals surface area contributed by atoms with Crippen LogP contribution in [0.1, 0.15) is 41.1 Å². The van der Waals surface area contributed by atoms with Gasteiger partial charge in [-0.2, -0.15) is 0 Å². The Morgan fingerprint density at radius 2 is 1.86 bits per heavy atom. The number of benzene rings is 1. The summed E-state index contributed by atoms with van der Waals surface area (Å²) in [6.45, 7) is 4.11. The van der Waals surface area contributed by atoms with Crippen molar-refractivity contribution in [2.75, 3.05) is 11.9 Å². The Kier molecular flexibility index (Phi) is 5.19. The van der Waals surface area contributed by atoms with Crippen molar-refractivity contribution >= 4 is 23.3 Å². The zero-order valence-electron chi connectivity index (χ0n) is 12.6. The molecule has 114 valence electrons. The molecule has 0 saturated heterocycles. The van der Waals surface area contributed by atoms with E-state index in [9.17, 15) is 9.59 Å². The molecular weight excluding hydrogens is 280 g/mol. The van der Waals surface area contributed by atoms with Crippen LogP contribution in [0.3, 0.4) is 0 Å². The SMILES string of the molecule is CCCNC(=O)c1ccnc(Nc2ccc(C(C)=O)cc2)n1. The largest absolute Gasteiger partial charge is 0.351 e. The van der Waals surface area contributed by atoms with E-state index in [1.165, 1.54) is 13.1 Å². The second kappa shape index (κ2) is 7.31. The second-order valence-electron chi connectivity index (χ2n) is 4.78. The maximum absolute atomic E-state index is 11.9. The van der Waals surface area contributed by atoms with Gasteiger partial charge in [0.1, 0.15) is 5.69 Å². The minimum absolute atomic E-state index is 0.0115. The van der Waals surface area contributed by atoms with Crippen LogP contribution in [0, 0.1) is 0 Å². The average molecular weight is 298 g/mol. The summed E-state index contributed by atoms with van der Waals surface area (Å²) in [6, 6.07) is 8.55. The van der Waals surface area contributed by atoms with E-state index in [0.29, 0.717) is 23.8 Å². The van der Waals surface area contributed by atoms with E-state index in [4.69, 9.17) is 0 Å². The monoisotopic (exact) mass is 298 g/mol. The van der Waals surface area contributed by atoms with Crippen LogP contribution >= 0.6 is 0 Å². The summed E-state index contributed by atoms with van der Waals surface area (Å²) >= 11 is 0. The second-order valence-corrected chi connectivity index (χ2v) is 4.78. The fraction of sp³-hybridized carbons (Fsp3) is 0.250. The highest BCUT2D eigenvalue weighted by atomic mass is 16.1. The van der Waals surface area contributed by atoms with E-state index in [0.717, 1.165) is 12.1 Å². The van der Waals surface area contributed by atoms with E-state index in [2.05, 4.69) is 20.6 Å². The molecule has 1 aromatic carbocycles. The molecule has 0 spiro atoms. The summed E-state index contributed by atoms with van der Waals surface area (Å²) < 4.78 is 0. The maximum Gasteiger partial charge on any atom is 0.270 e. The number of carbonyl (C=O) groups is 2. The predicted molar refractivity (Wildman–Crippen MR) is 84.4 cm³/mol. The zero-order chi connectivity index (χ0) is 15.9. The van der Waals surface area contributed by atoms with E-state index in [1.807, 2.05) is 6.92 Å². The molecule has 1 aromatic heterocycles. The van der Waals surface area contributed by atoms with Gasteiger partial charge >= 0.3 is 0 Å². The Bertz CT molecular complexity index is 668. The number of Topliss-reactive ketones (excluding diaryl/α,β-unsaturated/α-hetero) is 1. The van der Waals surface area contributed by atoms with Crippen LogP contribution in [0.25, 0.3) is 0 Å². The van der Waals surface area contributed by atoms with Crippen molar-refractivity contribution in [3.8, 4) is 0 Å². The molecule has 0 radical (unpaired) electrons. The van der Waals surface area contributed by atoms with Gasteiger partial charge in [0.15, 0.2) is 5.78 Å². The number of aromatic nitrogens is 2. The van der Waals surface area contributed by atoms with Gasteiger partial charge in [0.05, 0.1) is 0 Å². The molecule has 2 rings (SSSR count). The third-order valence-corrected chi connectivity index (χ3v) is 2.97. The van der Waals surface area contributed by atoms with Crippen LogP contribution in [0.15, 0.2) is 36.5 Å². The first kappa shape index (κ1) is 15.6. The van der Waals surface area contributed by atoms with Crippen LogP contribution < -0.4 is 10.6 Å². The molecule has 1 heterocycles. The lowest BCUT2D eigenvalue weighted by molar-refractivity contribution is 0.0947. The number of carbonyl (C=O) groups excluding carboxylic acids is 2. The van der Waals surface area contributed by atoms with E-state index >= 15 is 0 Å². The quantitative estimate of drug-likeness (QED) is 0.801. The van der Waals surface area contributed by atoms with Gasteiger partial charge in [-0.05, 0) is 43.7 Å². The molecule has 0 aliphatic rings. The van der Waals surface area contributed by atoms with E-state index < -0.39 is 0 Å².